The summed E-state index contributed by atoms with van der Waals surface area (Å²) in [5, 5.41) is 14.7. The van der Waals surface area contributed by atoms with E-state index in [0.717, 1.165) is 25.7 Å². The number of carbonyl (C=O) groups excluding carboxylic acids is 1. The van der Waals surface area contributed by atoms with Crippen LogP contribution in [0, 0.1) is 11.8 Å². The van der Waals surface area contributed by atoms with Gasteiger partial charge in [-0.3, -0.25) is 4.79 Å². The minimum atomic E-state index is -0.748. The van der Waals surface area contributed by atoms with Crippen LogP contribution in [0.4, 0.5) is 4.79 Å². The van der Waals surface area contributed by atoms with E-state index in [1.54, 1.807) is 0 Å². The van der Waals surface area contributed by atoms with Crippen molar-refractivity contribution in [1.82, 2.24) is 10.6 Å². The molecule has 108 valence electrons. The number of ether oxygens (including phenoxy) is 1. The Morgan fingerprint density at radius 3 is 2.74 bits per heavy atom. The summed E-state index contributed by atoms with van der Waals surface area (Å²) in [6.07, 6.45) is 3.40. The predicted octanol–water partition coefficient (Wildman–Crippen LogP) is 0.964. The first-order valence-corrected chi connectivity index (χ1v) is 6.96. The van der Waals surface area contributed by atoms with Crippen LogP contribution in [0.2, 0.25) is 0 Å². The van der Waals surface area contributed by atoms with Crippen LogP contribution in [0.5, 0.6) is 0 Å². The average Bonchev–Trinajstić information content (AvgIpc) is 2.96. The number of carboxylic acid groups (broad SMARTS) is 1. The Morgan fingerprint density at radius 1 is 1.32 bits per heavy atom. The molecule has 1 aliphatic heterocycles. The van der Waals surface area contributed by atoms with E-state index in [-0.39, 0.29) is 30.0 Å². The molecule has 0 bridgehead atoms. The maximum Gasteiger partial charge on any atom is 0.315 e. The van der Waals surface area contributed by atoms with Crippen molar-refractivity contribution in [3.63, 3.8) is 0 Å². The van der Waals surface area contributed by atoms with E-state index in [2.05, 4.69) is 10.6 Å². The summed E-state index contributed by atoms with van der Waals surface area (Å²) in [4.78, 5) is 22.8. The molecular weight excluding hydrogens is 248 g/mol. The fourth-order valence-corrected chi connectivity index (χ4v) is 2.97. The van der Waals surface area contributed by atoms with Gasteiger partial charge in [-0.15, -0.1) is 0 Å². The fourth-order valence-electron chi connectivity index (χ4n) is 2.97. The first-order valence-electron chi connectivity index (χ1n) is 6.96. The lowest BCUT2D eigenvalue weighted by molar-refractivity contribution is -0.142. The summed E-state index contributed by atoms with van der Waals surface area (Å²) in [6.45, 7) is 3.05. The number of nitrogens with one attached hydrogen (secondary N) is 2. The number of rotatable bonds is 4. The van der Waals surface area contributed by atoms with E-state index >= 15 is 0 Å². The van der Waals surface area contributed by atoms with Crippen LogP contribution in [0.3, 0.4) is 0 Å². The monoisotopic (exact) mass is 270 g/mol. The van der Waals surface area contributed by atoms with Crippen molar-refractivity contribution < 1.29 is 19.4 Å². The van der Waals surface area contributed by atoms with Gasteiger partial charge in [-0.2, -0.15) is 0 Å². The van der Waals surface area contributed by atoms with Crippen molar-refractivity contribution in [3.8, 4) is 0 Å². The molecule has 1 saturated carbocycles. The van der Waals surface area contributed by atoms with Crippen LogP contribution in [-0.2, 0) is 9.53 Å². The van der Waals surface area contributed by atoms with Gasteiger partial charge in [0.15, 0.2) is 0 Å². The number of aliphatic carboxylic acids is 1. The second kappa shape index (κ2) is 6.23. The third-order valence-electron chi connectivity index (χ3n) is 4.19. The third kappa shape index (κ3) is 3.59. The van der Waals surface area contributed by atoms with Crippen LogP contribution < -0.4 is 10.6 Å². The first-order chi connectivity index (χ1) is 9.08. The standard InChI is InChI=1S/C13H22N2O4/c1-8-11(5-6-19-8)15-13(18)14-7-9-3-2-4-10(9)12(16)17/h8-11H,2-7H2,1H3,(H,16,17)(H2,14,15,18). The topological polar surface area (TPSA) is 87.7 Å². The molecule has 0 spiro atoms. The van der Waals surface area contributed by atoms with Gasteiger partial charge in [0.25, 0.3) is 0 Å². The maximum atomic E-state index is 11.8. The molecule has 4 atom stereocenters. The number of amides is 2. The van der Waals surface area contributed by atoms with E-state index in [4.69, 9.17) is 9.84 Å². The summed E-state index contributed by atoms with van der Waals surface area (Å²) in [5.74, 6) is -1.00. The van der Waals surface area contributed by atoms with Crippen LogP contribution in [0.1, 0.15) is 32.6 Å². The molecule has 2 rings (SSSR count). The lowest BCUT2D eigenvalue weighted by Gasteiger charge is -2.19. The zero-order valence-corrected chi connectivity index (χ0v) is 11.2. The number of hydrogen-bond acceptors (Lipinski definition) is 3. The van der Waals surface area contributed by atoms with Gasteiger partial charge in [-0.25, -0.2) is 4.79 Å². The molecule has 1 aliphatic carbocycles. The molecule has 6 nitrogen and oxygen atoms in total. The minimum Gasteiger partial charge on any atom is -0.481 e. The van der Waals surface area contributed by atoms with Crippen LogP contribution in [0.15, 0.2) is 0 Å². The molecule has 1 saturated heterocycles. The average molecular weight is 270 g/mol. The second-order valence-electron chi connectivity index (χ2n) is 5.46. The molecule has 6 heteroatoms. The third-order valence-corrected chi connectivity index (χ3v) is 4.19. The smallest absolute Gasteiger partial charge is 0.315 e. The van der Waals surface area contributed by atoms with Crippen molar-refractivity contribution in [2.45, 2.75) is 44.8 Å². The minimum absolute atomic E-state index is 0.0454. The quantitative estimate of drug-likeness (QED) is 0.710. The van der Waals surface area contributed by atoms with Gasteiger partial charge < -0.3 is 20.5 Å². The number of hydrogen-bond donors (Lipinski definition) is 3. The lowest BCUT2D eigenvalue weighted by Crippen LogP contribution is -2.46. The molecule has 2 aliphatic rings. The van der Waals surface area contributed by atoms with Crippen molar-refractivity contribution in [1.29, 1.82) is 0 Å². The number of carbonyl (C=O) groups is 2. The van der Waals surface area contributed by atoms with Gasteiger partial charge in [0.05, 0.1) is 18.1 Å². The van der Waals surface area contributed by atoms with Crippen LogP contribution >= 0.6 is 0 Å². The van der Waals surface area contributed by atoms with Crippen LogP contribution in [0.25, 0.3) is 0 Å². The van der Waals surface area contributed by atoms with Crippen molar-refractivity contribution >= 4 is 12.0 Å². The molecule has 2 fully saturated rings. The van der Waals surface area contributed by atoms with E-state index < -0.39 is 5.97 Å². The number of urea groups is 1. The Kier molecular flexibility index (Phi) is 4.63. The van der Waals surface area contributed by atoms with Crippen molar-refractivity contribution in [2.75, 3.05) is 13.2 Å². The Hall–Kier alpha value is -1.30. The Morgan fingerprint density at radius 2 is 2.11 bits per heavy atom. The Balaban J connectivity index is 1.72. The molecule has 2 amide bonds. The Labute approximate surface area is 112 Å². The van der Waals surface area contributed by atoms with E-state index in [1.807, 2.05) is 6.92 Å². The van der Waals surface area contributed by atoms with Crippen molar-refractivity contribution in [2.24, 2.45) is 11.8 Å². The van der Waals surface area contributed by atoms with E-state index in [0.29, 0.717) is 13.2 Å². The fraction of sp³-hybridized carbons (Fsp3) is 0.846. The van der Waals surface area contributed by atoms with Gasteiger partial charge in [0, 0.05) is 13.2 Å². The molecule has 1 heterocycles. The van der Waals surface area contributed by atoms with Gasteiger partial charge in [-0.05, 0) is 32.1 Å². The largest absolute Gasteiger partial charge is 0.481 e. The summed E-state index contributed by atoms with van der Waals surface area (Å²) in [5.41, 5.74) is 0. The second-order valence-corrected chi connectivity index (χ2v) is 5.46. The first kappa shape index (κ1) is 14.1. The molecular formula is C13H22N2O4. The summed E-state index contributed by atoms with van der Waals surface area (Å²) in [7, 11) is 0. The molecule has 19 heavy (non-hydrogen) atoms. The Bertz CT molecular complexity index is 348. The van der Waals surface area contributed by atoms with Gasteiger partial charge >= 0.3 is 12.0 Å². The molecule has 4 unspecified atom stereocenters. The summed E-state index contributed by atoms with van der Waals surface area (Å²) >= 11 is 0. The highest BCUT2D eigenvalue weighted by Gasteiger charge is 2.33. The predicted molar refractivity (Wildman–Crippen MR) is 68.8 cm³/mol. The normalized spacial score (nSPS) is 34.2. The van der Waals surface area contributed by atoms with Gasteiger partial charge in [0.1, 0.15) is 0 Å². The van der Waals surface area contributed by atoms with Gasteiger partial charge in [-0.1, -0.05) is 6.42 Å². The molecule has 0 radical (unpaired) electrons. The highest BCUT2D eigenvalue weighted by molar-refractivity contribution is 5.74. The highest BCUT2D eigenvalue weighted by Crippen LogP contribution is 2.31. The maximum absolute atomic E-state index is 11.8. The lowest BCUT2D eigenvalue weighted by atomic mass is 9.96. The van der Waals surface area contributed by atoms with Gasteiger partial charge in [0.2, 0.25) is 0 Å². The van der Waals surface area contributed by atoms with Crippen molar-refractivity contribution in [3.05, 3.63) is 0 Å². The molecule has 3 N–H and O–H groups in total. The molecule has 0 aromatic rings. The highest BCUT2D eigenvalue weighted by atomic mass is 16.5. The molecule has 0 aromatic heterocycles. The summed E-state index contributed by atoms with van der Waals surface area (Å²) < 4.78 is 5.37. The zero-order valence-electron chi connectivity index (χ0n) is 11.2. The molecule has 0 aromatic carbocycles. The van der Waals surface area contributed by atoms with E-state index in [9.17, 15) is 9.59 Å². The van der Waals surface area contributed by atoms with Crippen LogP contribution in [-0.4, -0.2) is 42.4 Å². The van der Waals surface area contributed by atoms with E-state index in [1.165, 1.54) is 0 Å². The zero-order chi connectivity index (χ0) is 13.8. The summed E-state index contributed by atoms with van der Waals surface area (Å²) in [6, 6.07) is -0.169. The number of carboxylic acids is 1. The SMILES string of the molecule is CC1OCCC1NC(=O)NCC1CCCC1C(=O)O.